The molecule has 1 heterocycles. The molecule has 1 atom stereocenters. The number of carboxylic acid groups (broad SMARTS) is 1. The zero-order chi connectivity index (χ0) is 11.3. The molecule has 0 aliphatic carbocycles. The second kappa shape index (κ2) is 5.68. The Labute approximate surface area is 93.4 Å². The van der Waals surface area contributed by atoms with Crippen LogP contribution in [0, 0.1) is 0 Å². The Kier molecular flexibility index (Phi) is 4.52. The molecule has 3 nitrogen and oxygen atoms in total. The quantitative estimate of drug-likeness (QED) is 0.757. The molecule has 0 bridgehead atoms. The van der Waals surface area contributed by atoms with Crippen molar-refractivity contribution < 1.29 is 9.90 Å². The maximum absolute atomic E-state index is 10.4. The molecule has 82 valence electrons. The molecule has 1 rings (SSSR count). The van der Waals surface area contributed by atoms with Crippen molar-refractivity contribution in [3.63, 3.8) is 0 Å². The summed E-state index contributed by atoms with van der Waals surface area (Å²) in [4.78, 5) is 10.4. The van der Waals surface area contributed by atoms with Gasteiger partial charge in [-0.15, -0.1) is 0 Å². The molecular weight excluding hydrogens is 210 g/mol. The average molecular weight is 225 g/mol. The van der Waals surface area contributed by atoms with Crippen molar-refractivity contribution in [1.82, 2.24) is 5.32 Å². The Balaban J connectivity index is 2.41. The van der Waals surface area contributed by atoms with Gasteiger partial charge in [0.2, 0.25) is 0 Å². The number of rotatable bonds is 5. The summed E-state index contributed by atoms with van der Waals surface area (Å²) >= 11 is 1.66. The van der Waals surface area contributed by atoms with Gasteiger partial charge >= 0.3 is 5.97 Å². The van der Waals surface area contributed by atoms with E-state index in [-0.39, 0.29) is 6.04 Å². The zero-order valence-corrected chi connectivity index (χ0v) is 9.67. The van der Waals surface area contributed by atoms with Crippen LogP contribution >= 0.6 is 11.3 Å². The Bertz CT molecular complexity index is 343. The number of hydrogen-bond donors (Lipinski definition) is 2. The molecular formula is C11H15NO2S. The largest absolute Gasteiger partial charge is 0.478 e. The summed E-state index contributed by atoms with van der Waals surface area (Å²) in [7, 11) is 0. The molecule has 1 aromatic heterocycles. The van der Waals surface area contributed by atoms with Gasteiger partial charge in [-0.05, 0) is 36.2 Å². The molecule has 1 unspecified atom stereocenters. The van der Waals surface area contributed by atoms with E-state index in [2.05, 4.69) is 23.7 Å². The van der Waals surface area contributed by atoms with Crippen molar-refractivity contribution in [2.45, 2.75) is 19.9 Å². The third kappa shape index (κ3) is 4.27. The van der Waals surface area contributed by atoms with Crippen molar-refractivity contribution in [2.75, 3.05) is 6.54 Å². The lowest BCUT2D eigenvalue weighted by Crippen LogP contribution is -2.20. The van der Waals surface area contributed by atoms with E-state index in [9.17, 15) is 4.79 Å². The van der Waals surface area contributed by atoms with E-state index in [4.69, 9.17) is 5.11 Å². The highest BCUT2D eigenvalue weighted by molar-refractivity contribution is 7.07. The van der Waals surface area contributed by atoms with Gasteiger partial charge in [-0.2, -0.15) is 11.3 Å². The van der Waals surface area contributed by atoms with Crippen molar-refractivity contribution in [3.05, 3.63) is 34.0 Å². The summed E-state index contributed by atoms with van der Waals surface area (Å²) in [6.45, 7) is 4.47. The first kappa shape index (κ1) is 11.9. The first-order chi connectivity index (χ1) is 7.09. The van der Waals surface area contributed by atoms with E-state index in [1.807, 2.05) is 12.3 Å². The van der Waals surface area contributed by atoms with Crippen LogP contribution in [0.2, 0.25) is 0 Å². The summed E-state index contributed by atoms with van der Waals surface area (Å²) in [5.41, 5.74) is 2.06. The Hall–Kier alpha value is -1.13. The number of carbonyl (C=O) groups is 1. The minimum atomic E-state index is -0.891. The van der Waals surface area contributed by atoms with Gasteiger partial charge in [0.05, 0.1) is 0 Å². The molecule has 0 saturated carbocycles. The Morgan fingerprint density at radius 3 is 3.00 bits per heavy atom. The molecule has 0 fully saturated rings. The molecule has 4 heteroatoms. The predicted molar refractivity (Wildman–Crippen MR) is 62.1 cm³/mol. The fourth-order valence-electron chi connectivity index (χ4n) is 1.22. The third-order valence-corrected chi connectivity index (χ3v) is 2.80. The van der Waals surface area contributed by atoms with Crippen LogP contribution in [-0.4, -0.2) is 17.6 Å². The SMILES string of the molecule is C/C(=C\C(=O)O)CNC(C)c1ccsc1. The first-order valence-electron chi connectivity index (χ1n) is 4.75. The van der Waals surface area contributed by atoms with Crippen LogP contribution in [0.25, 0.3) is 0 Å². The summed E-state index contributed by atoms with van der Waals surface area (Å²) in [6.07, 6.45) is 1.23. The monoisotopic (exact) mass is 225 g/mol. The standard InChI is InChI=1S/C11H15NO2S/c1-8(5-11(13)14)6-12-9(2)10-3-4-15-7-10/h3-5,7,9,12H,6H2,1-2H3,(H,13,14)/b8-5+. The topological polar surface area (TPSA) is 49.3 Å². The van der Waals surface area contributed by atoms with Crippen molar-refractivity contribution in [2.24, 2.45) is 0 Å². The molecule has 15 heavy (non-hydrogen) atoms. The van der Waals surface area contributed by atoms with E-state index in [1.54, 1.807) is 11.3 Å². The highest BCUT2D eigenvalue weighted by Gasteiger charge is 2.04. The van der Waals surface area contributed by atoms with Crippen LogP contribution in [0.5, 0.6) is 0 Å². The molecule has 0 spiro atoms. The molecule has 0 aromatic carbocycles. The molecule has 1 aromatic rings. The Morgan fingerprint density at radius 1 is 1.73 bits per heavy atom. The highest BCUT2D eigenvalue weighted by atomic mass is 32.1. The predicted octanol–water partition coefficient (Wildman–Crippen LogP) is 2.43. The van der Waals surface area contributed by atoms with Crippen LogP contribution in [0.1, 0.15) is 25.5 Å². The van der Waals surface area contributed by atoms with Crippen LogP contribution < -0.4 is 5.32 Å². The molecule has 0 radical (unpaired) electrons. The maximum atomic E-state index is 10.4. The van der Waals surface area contributed by atoms with Crippen molar-refractivity contribution in [3.8, 4) is 0 Å². The van der Waals surface area contributed by atoms with E-state index < -0.39 is 5.97 Å². The van der Waals surface area contributed by atoms with Gasteiger partial charge in [0.15, 0.2) is 0 Å². The minimum absolute atomic E-state index is 0.258. The molecule has 0 amide bonds. The lowest BCUT2D eigenvalue weighted by molar-refractivity contribution is -0.131. The van der Waals surface area contributed by atoms with Crippen molar-refractivity contribution in [1.29, 1.82) is 0 Å². The normalized spacial score (nSPS) is 13.9. The van der Waals surface area contributed by atoms with Crippen molar-refractivity contribution >= 4 is 17.3 Å². The summed E-state index contributed by atoms with van der Waals surface area (Å²) in [5.74, 6) is -0.891. The second-order valence-electron chi connectivity index (χ2n) is 3.49. The molecule has 0 aliphatic heterocycles. The van der Waals surface area contributed by atoms with Gasteiger partial charge in [0.25, 0.3) is 0 Å². The number of hydrogen-bond acceptors (Lipinski definition) is 3. The van der Waals surface area contributed by atoms with E-state index >= 15 is 0 Å². The van der Waals surface area contributed by atoms with Crippen LogP contribution in [0.3, 0.4) is 0 Å². The molecule has 2 N–H and O–H groups in total. The lowest BCUT2D eigenvalue weighted by Gasteiger charge is -2.12. The second-order valence-corrected chi connectivity index (χ2v) is 4.27. The van der Waals surface area contributed by atoms with Gasteiger partial charge in [-0.3, -0.25) is 0 Å². The summed E-state index contributed by atoms with van der Waals surface area (Å²) < 4.78 is 0. The number of carboxylic acids is 1. The first-order valence-corrected chi connectivity index (χ1v) is 5.69. The molecule has 0 saturated heterocycles. The van der Waals surface area contributed by atoms with Gasteiger partial charge in [-0.25, -0.2) is 4.79 Å². The fourth-order valence-corrected chi connectivity index (χ4v) is 1.97. The fraction of sp³-hybridized carbons (Fsp3) is 0.364. The van der Waals surface area contributed by atoms with Gasteiger partial charge in [0, 0.05) is 18.7 Å². The van der Waals surface area contributed by atoms with E-state index in [0.717, 1.165) is 5.57 Å². The van der Waals surface area contributed by atoms with Gasteiger partial charge < -0.3 is 10.4 Å². The lowest BCUT2D eigenvalue weighted by atomic mass is 10.1. The summed E-state index contributed by atoms with van der Waals surface area (Å²) in [5, 5.41) is 15.9. The third-order valence-electron chi connectivity index (χ3n) is 2.10. The van der Waals surface area contributed by atoms with Crippen LogP contribution in [0.15, 0.2) is 28.5 Å². The summed E-state index contributed by atoms with van der Waals surface area (Å²) in [6, 6.07) is 2.33. The Morgan fingerprint density at radius 2 is 2.47 bits per heavy atom. The van der Waals surface area contributed by atoms with E-state index in [0.29, 0.717) is 6.54 Å². The maximum Gasteiger partial charge on any atom is 0.328 e. The number of aliphatic carboxylic acids is 1. The highest BCUT2D eigenvalue weighted by Crippen LogP contribution is 2.15. The molecule has 0 aliphatic rings. The van der Waals surface area contributed by atoms with Gasteiger partial charge in [0.1, 0.15) is 0 Å². The average Bonchev–Trinajstić information content (AvgIpc) is 2.65. The minimum Gasteiger partial charge on any atom is -0.478 e. The van der Waals surface area contributed by atoms with Crippen LogP contribution in [-0.2, 0) is 4.79 Å². The number of nitrogens with one attached hydrogen (secondary N) is 1. The van der Waals surface area contributed by atoms with E-state index in [1.165, 1.54) is 11.6 Å². The van der Waals surface area contributed by atoms with Gasteiger partial charge in [-0.1, -0.05) is 5.57 Å². The van der Waals surface area contributed by atoms with Crippen LogP contribution in [0.4, 0.5) is 0 Å². The zero-order valence-electron chi connectivity index (χ0n) is 8.86. The number of thiophene rings is 1. The smallest absolute Gasteiger partial charge is 0.328 e.